The highest BCUT2D eigenvalue weighted by molar-refractivity contribution is 6.00. The third kappa shape index (κ3) is 4.20. The molecular weight excluding hydrogens is 425 g/mol. The van der Waals surface area contributed by atoms with Crippen LogP contribution in [0.15, 0.2) is 58.2 Å². The number of likely N-dealkylation sites (tertiary alicyclic amines) is 1. The summed E-state index contributed by atoms with van der Waals surface area (Å²) in [4.78, 5) is 23.8. The molecule has 166 valence electrons. The van der Waals surface area contributed by atoms with Crippen LogP contribution in [0.4, 0.5) is 13.2 Å². The Labute approximate surface area is 181 Å². The fourth-order valence-electron chi connectivity index (χ4n) is 3.72. The van der Waals surface area contributed by atoms with Crippen LogP contribution in [-0.4, -0.2) is 40.3 Å². The number of nitrogens with zero attached hydrogens (tertiary/aromatic N) is 4. The molecule has 4 rings (SSSR count). The minimum Gasteiger partial charge on any atom is -0.399 e. The van der Waals surface area contributed by atoms with Gasteiger partial charge >= 0.3 is 6.18 Å². The van der Waals surface area contributed by atoms with E-state index in [4.69, 9.17) is 9.36 Å². The lowest BCUT2D eigenvalue weighted by Crippen LogP contribution is -2.31. The van der Waals surface area contributed by atoms with E-state index in [-0.39, 0.29) is 23.9 Å². The lowest BCUT2D eigenvalue weighted by atomic mass is 9.98. The summed E-state index contributed by atoms with van der Waals surface area (Å²) in [5.74, 6) is 0.396. The van der Waals surface area contributed by atoms with Crippen molar-refractivity contribution in [3.63, 3.8) is 0 Å². The second-order valence-electron chi connectivity index (χ2n) is 7.29. The predicted molar refractivity (Wildman–Crippen MR) is 109 cm³/mol. The molecule has 0 saturated carbocycles. The minimum absolute atomic E-state index is 0.0499. The summed E-state index contributed by atoms with van der Waals surface area (Å²) in [5, 5.41) is 7.73. The Balaban J connectivity index is 1.63. The first-order valence-electron chi connectivity index (χ1n) is 9.74. The van der Waals surface area contributed by atoms with Gasteiger partial charge in [0.15, 0.2) is 5.82 Å². The summed E-state index contributed by atoms with van der Waals surface area (Å²) in [6.07, 6.45) is -4.11. The maximum absolute atomic E-state index is 13.3. The molecule has 1 aromatic heterocycles. The van der Waals surface area contributed by atoms with E-state index >= 15 is 0 Å². The molecule has 1 unspecified atom stereocenters. The average molecular weight is 444 g/mol. The van der Waals surface area contributed by atoms with Crippen molar-refractivity contribution < 1.29 is 27.3 Å². The van der Waals surface area contributed by atoms with Gasteiger partial charge in [-0.2, -0.15) is 18.2 Å². The molecule has 1 aliphatic rings. The lowest BCUT2D eigenvalue weighted by molar-refractivity contribution is -0.137. The molecule has 10 heteroatoms. The van der Waals surface area contributed by atoms with Crippen molar-refractivity contribution in [1.29, 1.82) is 0 Å². The molecular formula is C22H19F3N4O3. The molecule has 0 aliphatic carbocycles. The van der Waals surface area contributed by atoms with Gasteiger partial charge in [0.2, 0.25) is 5.89 Å². The third-order valence-corrected chi connectivity index (χ3v) is 5.14. The summed E-state index contributed by atoms with van der Waals surface area (Å²) < 4.78 is 45.3. The highest BCUT2D eigenvalue weighted by Gasteiger charge is 2.38. The molecule has 0 spiro atoms. The highest BCUT2D eigenvalue weighted by Crippen LogP contribution is 2.37. The predicted octanol–water partition coefficient (Wildman–Crippen LogP) is 4.65. The molecule has 0 radical (unpaired) electrons. The van der Waals surface area contributed by atoms with E-state index in [0.29, 0.717) is 29.1 Å². The number of carbonyl (C=O) groups excluding carboxylic acids is 1. The van der Waals surface area contributed by atoms with E-state index in [1.165, 1.54) is 48.4 Å². The molecule has 1 amide bonds. The largest absolute Gasteiger partial charge is 0.417 e. The summed E-state index contributed by atoms with van der Waals surface area (Å²) in [6.45, 7) is 1.88. The molecule has 32 heavy (non-hydrogen) atoms. The zero-order valence-corrected chi connectivity index (χ0v) is 17.3. The lowest BCUT2D eigenvalue weighted by Gasteiger charge is -2.21. The zero-order chi connectivity index (χ0) is 22.9. The maximum Gasteiger partial charge on any atom is 0.417 e. The minimum atomic E-state index is -4.48. The van der Waals surface area contributed by atoms with Gasteiger partial charge < -0.3 is 14.3 Å². The van der Waals surface area contributed by atoms with E-state index in [1.54, 1.807) is 13.0 Å². The summed E-state index contributed by atoms with van der Waals surface area (Å²) in [7, 11) is 1.42. The highest BCUT2D eigenvalue weighted by atomic mass is 19.4. The number of oxime groups is 1. The van der Waals surface area contributed by atoms with Gasteiger partial charge in [0.05, 0.1) is 17.8 Å². The number of hydrogen-bond acceptors (Lipinski definition) is 6. The van der Waals surface area contributed by atoms with Crippen molar-refractivity contribution in [1.82, 2.24) is 15.0 Å². The Morgan fingerprint density at radius 3 is 2.53 bits per heavy atom. The number of aromatic nitrogens is 2. The van der Waals surface area contributed by atoms with E-state index in [1.807, 2.05) is 0 Å². The normalized spacial score (nSPS) is 17.7. The van der Waals surface area contributed by atoms with Gasteiger partial charge in [-0.25, -0.2) is 0 Å². The van der Waals surface area contributed by atoms with E-state index in [2.05, 4.69) is 15.3 Å². The maximum atomic E-state index is 13.3. The van der Waals surface area contributed by atoms with Crippen molar-refractivity contribution >= 4 is 11.6 Å². The van der Waals surface area contributed by atoms with Gasteiger partial charge in [0, 0.05) is 12.0 Å². The van der Waals surface area contributed by atoms with Gasteiger partial charge in [-0.3, -0.25) is 4.79 Å². The van der Waals surface area contributed by atoms with Crippen LogP contribution in [0.1, 0.15) is 40.1 Å². The number of benzene rings is 2. The number of halogens is 3. The number of hydrogen-bond donors (Lipinski definition) is 0. The van der Waals surface area contributed by atoms with Crippen LogP contribution in [-0.2, 0) is 11.0 Å². The SMILES string of the molecule is CON=C1CC(c2nc(C)no2)N(C(=O)c2ccc(-c3ccccc3C(F)(F)F)cc2)C1. The number of carbonyl (C=O) groups is 1. The molecule has 2 heterocycles. The van der Waals surface area contributed by atoms with Gasteiger partial charge in [-0.15, -0.1) is 0 Å². The Kier molecular flexibility index (Phi) is 5.68. The Bertz CT molecular complexity index is 1160. The molecule has 0 bridgehead atoms. The molecule has 1 aliphatic heterocycles. The second-order valence-corrected chi connectivity index (χ2v) is 7.29. The number of rotatable bonds is 4. The summed E-state index contributed by atoms with van der Waals surface area (Å²) in [6, 6.07) is 10.8. The Morgan fingerprint density at radius 1 is 1.19 bits per heavy atom. The van der Waals surface area contributed by atoms with Crippen LogP contribution >= 0.6 is 0 Å². The molecule has 1 saturated heterocycles. The second kappa shape index (κ2) is 8.45. The monoisotopic (exact) mass is 444 g/mol. The standard InChI is InChI=1S/C22H19F3N4O3/c1-13-26-20(32-27-13)19-11-16(28-31-2)12-29(19)21(30)15-9-7-14(8-10-15)17-5-3-4-6-18(17)22(23,24)25/h3-10,19H,11-12H2,1-2H3. The quantitative estimate of drug-likeness (QED) is 0.547. The van der Waals surface area contributed by atoms with Crippen LogP contribution in [0.2, 0.25) is 0 Å². The van der Waals surface area contributed by atoms with Gasteiger partial charge in [0.25, 0.3) is 5.91 Å². The van der Waals surface area contributed by atoms with Crippen LogP contribution in [0, 0.1) is 6.92 Å². The van der Waals surface area contributed by atoms with Gasteiger partial charge in [-0.05, 0) is 36.2 Å². The average Bonchev–Trinajstić information content (AvgIpc) is 3.39. The van der Waals surface area contributed by atoms with E-state index in [9.17, 15) is 18.0 Å². The number of amides is 1. The molecule has 1 fully saturated rings. The van der Waals surface area contributed by atoms with Crippen molar-refractivity contribution in [2.75, 3.05) is 13.7 Å². The van der Waals surface area contributed by atoms with Crippen LogP contribution in [0.5, 0.6) is 0 Å². The first-order valence-corrected chi connectivity index (χ1v) is 9.74. The number of alkyl halides is 3. The van der Waals surface area contributed by atoms with E-state index in [0.717, 1.165) is 6.07 Å². The van der Waals surface area contributed by atoms with Gasteiger partial charge in [0.1, 0.15) is 13.2 Å². The zero-order valence-electron chi connectivity index (χ0n) is 17.3. The van der Waals surface area contributed by atoms with Crippen LogP contribution in [0.25, 0.3) is 11.1 Å². The molecule has 3 aromatic rings. The number of aryl methyl sites for hydroxylation is 1. The molecule has 2 aromatic carbocycles. The van der Waals surface area contributed by atoms with Gasteiger partial charge in [-0.1, -0.05) is 40.6 Å². The van der Waals surface area contributed by atoms with Crippen LogP contribution < -0.4 is 0 Å². The van der Waals surface area contributed by atoms with Crippen molar-refractivity contribution in [2.45, 2.75) is 25.6 Å². The topological polar surface area (TPSA) is 80.8 Å². The fraction of sp³-hybridized carbons (Fsp3) is 0.273. The first kappa shape index (κ1) is 21.5. The Morgan fingerprint density at radius 2 is 1.91 bits per heavy atom. The summed E-state index contributed by atoms with van der Waals surface area (Å²) >= 11 is 0. The molecule has 0 N–H and O–H groups in total. The smallest absolute Gasteiger partial charge is 0.399 e. The fourth-order valence-corrected chi connectivity index (χ4v) is 3.72. The van der Waals surface area contributed by atoms with Crippen molar-refractivity contribution in [2.24, 2.45) is 5.16 Å². The summed E-state index contributed by atoms with van der Waals surface area (Å²) in [5.41, 5.74) is 0.636. The van der Waals surface area contributed by atoms with Crippen molar-refractivity contribution in [3.05, 3.63) is 71.4 Å². The first-order chi connectivity index (χ1) is 15.3. The third-order valence-electron chi connectivity index (χ3n) is 5.14. The molecule has 7 nitrogen and oxygen atoms in total. The molecule has 1 atom stereocenters. The van der Waals surface area contributed by atoms with E-state index < -0.39 is 17.8 Å². The van der Waals surface area contributed by atoms with Crippen LogP contribution in [0.3, 0.4) is 0 Å². The van der Waals surface area contributed by atoms with Crippen molar-refractivity contribution in [3.8, 4) is 11.1 Å². The Hall–Kier alpha value is -3.69.